The van der Waals surface area contributed by atoms with E-state index in [0.717, 1.165) is 17.0 Å². The first kappa shape index (κ1) is 16.7. The number of fused-ring (bicyclic) bond motifs is 3. The zero-order valence-electron chi connectivity index (χ0n) is 13.7. The second-order valence-electron chi connectivity index (χ2n) is 6.36. The summed E-state index contributed by atoms with van der Waals surface area (Å²) in [7, 11) is 0. The lowest BCUT2D eigenvalue weighted by Gasteiger charge is -2.32. The van der Waals surface area contributed by atoms with Crippen LogP contribution in [0.1, 0.15) is 22.8 Å². The Morgan fingerprint density at radius 2 is 1.81 bits per heavy atom. The lowest BCUT2D eigenvalue weighted by Crippen LogP contribution is -2.38. The number of hydrogen-bond donors (Lipinski definition) is 1. The van der Waals surface area contributed by atoms with E-state index in [1.54, 1.807) is 19.1 Å². The molecule has 0 aliphatic carbocycles. The van der Waals surface area contributed by atoms with Gasteiger partial charge in [0.05, 0.1) is 6.04 Å². The van der Waals surface area contributed by atoms with Gasteiger partial charge in [0.2, 0.25) is 0 Å². The molecule has 1 aliphatic rings. The fourth-order valence-corrected chi connectivity index (χ4v) is 3.34. The third-order valence-electron chi connectivity index (χ3n) is 4.61. The maximum Gasteiger partial charge on any atom is 0.336 e. The highest BCUT2D eigenvalue weighted by atomic mass is 19.2. The van der Waals surface area contributed by atoms with Gasteiger partial charge in [0, 0.05) is 28.6 Å². The summed E-state index contributed by atoms with van der Waals surface area (Å²) in [6.45, 7) is 1.79. The van der Waals surface area contributed by atoms with Crippen LogP contribution in [0.2, 0.25) is 0 Å². The van der Waals surface area contributed by atoms with Crippen molar-refractivity contribution in [2.45, 2.75) is 25.5 Å². The molecule has 1 aromatic heterocycles. The zero-order valence-corrected chi connectivity index (χ0v) is 13.7. The average molecular weight is 361 g/mol. The van der Waals surface area contributed by atoms with Crippen molar-refractivity contribution in [2.24, 2.45) is 5.73 Å². The third kappa shape index (κ3) is 2.55. The molecule has 3 aromatic rings. The second-order valence-corrected chi connectivity index (χ2v) is 6.36. The normalized spacial score (nSPS) is 19.3. The van der Waals surface area contributed by atoms with Crippen molar-refractivity contribution in [3.8, 4) is 5.75 Å². The van der Waals surface area contributed by atoms with Crippen molar-refractivity contribution in [1.82, 2.24) is 0 Å². The van der Waals surface area contributed by atoms with Gasteiger partial charge in [-0.15, -0.1) is 0 Å². The first-order valence-electron chi connectivity index (χ1n) is 7.98. The van der Waals surface area contributed by atoms with E-state index in [4.69, 9.17) is 14.9 Å². The highest BCUT2D eigenvalue weighted by Crippen LogP contribution is 2.39. The molecule has 0 radical (unpaired) electrons. The van der Waals surface area contributed by atoms with E-state index in [1.807, 2.05) is 0 Å². The number of aryl methyl sites for hydroxylation is 1. The predicted octanol–water partition coefficient (Wildman–Crippen LogP) is 3.52. The summed E-state index contributed by atoms with van der Waals surface area (Å²) in [6, 6.07) is 5.27. The Bertz CT molecular complexity index is 1090. The molecular weight excluding hydrogens is 347 g/mol. The first-order chi connectivity index (χ1) is 12.3. The van der Waals surface area contributed by atoms with E-state index in [9.17, 15) is 18.0 Å². The second kappa shape index (κ2) is 5.88. The van der Waals surface area contributed by atoms with Crippen LogP contribution < -0.4 is 16.1 Å². The van der Waals surface area contributed by atoms with Crippen LogP contribution in [0.4, 0.5) is 13.2 Å². The number of nitrogens with two attached hydrogens (primary N) is 1. The Hall–Kier alpha value is -2.80. The number of halogens is 3. The Balaban J connectivity index is 1.84. The van der Waals surface area contributed by atoms with E-state index in [-0.39, 0.29) is 12.0 Å². The molecule has 0 unspecified atom stereocenters. The SMILES string of the molecule is Cc1cc(=O)oc2c3c(ccc12)O[C@H](c1cc(F)c(F)cc1F)[C@@H](N)C3. The van der Waals surface area contributed by atoms with Gasteiger partial charge >= 0.3 is 5.63 Å². The van der Waals surface area contributed by atoms with Crippen LogP contribution in [0.15, 0.2) is 39.5 Å². The molecule has 0 spiro atoms. The van der Waals surface area contributed by atoms with Crippen LogP contribution in [-0.4, -0.2) is 6.04 Å². The van der Waals surface area contributed by atoms with Crippen molar-refractivity contribution in [3.63, 3.8) is 0 Å². The Morgan fingerprint density at radius 3 is 2.58 bits per heavy atom. The Morgan fingerprint density at radius 1 is 1.08 bits per heavy atom. The standard InChI is InChI=1S/C19H14F3NO3/c1-8-4-17(24)26-18-9(8)2-3-16-11(18)6-15(23)19(25-16)10-5-13(21)14(22)7-12(10)20/h2-5,7,15,19H,6,23H2,1H3/t15-,19+/m0/s1. The van der Waals surface area contributed by atoms with Gasteiger partial charge in [-0.1, -0.05) is 0 Å². The molecule has 1 aliphatic heterocycles. The topological polar surface area (TPSA) is 65.5 Å². The van der Waals surface area contributed by atoms with E-state index in [1.165, 1.54) is 6.07 Å². The lowest BCUT2D eigenvalue weighted by molar-refractivity contribution is 0.149. The minimum absolute atomic E-state index is 0.159. The van der Waals surface area contributed by atoms with Crippen molar-refractivity contribution < 1.29 is 22.3 Å². The van der Waals surface area contributed by atoms with Crippen molar-refractivity contribution in [2.75, 3.05) is 0 Å². The van der Waals surface area contributed by atoms with Gasteiger partial charge in [0.1, 0.15) is 23.3 Å². The predicted molar refractivity (Wildman–Crippen MR) is 88.6 cm³/mol. The summed E-state index contributed by atoms with van der Waals surface area (Å²) < 4.78 is 51.9. The van der Waals surface area contributed by atoms with Crippen LogP contribution in [-0.2, 0) is 6.42 Å². The molecule has 0 saturated carbocycles. The summed E-state index contributed by atoms with van der Waals surface area (Å²) in [5.41, 5.74) is 7.18. The monoisotopic (exact) mass is 361 g/mol. The lowest BCUT2D eigenvalue weighted by atomic mass is 9.91. The molecule has 0 amide bonds. The quantitative estimate of drug-likeness (QED) is 0.532. The molecule has 4 rings (SSSR count). The van der Waals surface area contributed by atoms with Crippen LogP contribution in [0, 0.1) is 24.4 Å². The number of hydrogen-bond acceptors (Lipinski definition) is 4. The maximum absolute atomic E-state index is 14.1. The molecular formula is C19H14F3NO3. The van der Waals surface area contributed by atoms with Gasteiger partial charge in [-0.3, -0.25) is 0 Å². The van der Waals surface area contributed by atoms with Crippen molar-refractivity contribution in [3.05, 3.63) is 74.9 Å². The van der Waals surface area contributed by atoms with Gasteiger partial charge in [-0.25, -0.2) is 18.0 Å². The van der Waals surface area contributed by atoms with Gasteiger partial charge in [-0.05, 0) is 37.1 Å². The fraction of sp³-hybridized carbons (Fsp3) is 0.211. The molecule has 4 nitrogen and oxygen atoms in total. The summed E-state index contributed by atoms with van der Waals surface area (Å²) in [4.78, 5) is 11.7. The molecule has 0 saturated heterocycles. The van der Waals surface area contributed by atoms with Crippen LogP contribution in [0.3, 0.4) is 0 Å². The van der Waals surface area contributed by atoms with E-state index in [2.05, 4.69) is 0 Å². The summed E-state index contributed by atoms with van der Waals surface area (Å²) in [6.07, 6.45) is -0.770. The molecule has 0 fully saturated rings. The molecule has 134 valence electrons. The van der Waals surface area contributed by atoms with Crippen LogP contribution in [0.5, 0.6) is 5.75 Å². The van der Waals surface area contributed by atoms with E-state index >= 15 is 0 Å². The first-order valence-corrected chi connectivity index (χ1v) is 7.98. The smallest absolute Gasteiger partial charge is 0.336 e. The highest BCUT2D eigenvalue weighted by Gasteiger charge is 2.33. The summed E-state index contributed by atoms with van der Waals surface area (Å²) in [5.74, 6) is -3.03. The molecule has 2 atom stereocenters. The molecule has 2 heterocycles. The molecule has 26 heavy (non-hydrogen) atoms. The molecule has 2 N–H and O–H groups in total. The maximum atomic E-state index is 14.1. The third-order valence-corrected chi connectivity index (χ3v) is 4.61. The van der Waals surface area contributed by atoms with Crippen molar-refractivity contribution in [1.29, 1.82) is 0 Å². The molecule has 7 heteroatoms. The Labute approximate surface area is 146 Å². The van der Waals surface area contributed by atoms with Crippen LogP contribution >= 0.6 is 0 Å². The average Bonchev–Trinajstić information content (AvgIpc) is 2.58. The number of benzene rings is 2. The largest absolute Gasteiger partial charge is 0.484 e. The summed E-state index contributed by atoms with van der Waals surface area (Å²) >= 11 is 0. The fourth-order valence-electron chi connectivity index (χ4n) is 3.34. The van der Waals surface area contributed by atoms with Gasteiger partial charge in [0.25, 0.3) is 0 Å². The minimum atomic E-state index is -1.28. The zero-order chi connectivity index (χ0) is 18.6. The number of ether oxygens (including phenoxy) is 1. The minimum Gasteiger partial charge on any atom is -0.484 e. The summed E-state index contributed by atoms with van der Waals surface area (Å²) in [5, 5.41) is 0.747. The highest BCUT2D eigenvalue weighted by molar-refractivity contribution is 5.85. The van der Waals surface area contributed by atoms with E-state index < -0.39 is 35.2 Å². The van der Waals surface area contributed by atoms with Gasteiger partial charge in [0.15, 0.2) is 11.6 Å². The number of rotatable bonds is 1. The van der Waals surface area contributed by atoms with E-state index in [0.29, 0.717) is 23.0 Å². The van der Waals surface area contributed by atoms with Gasteiger partial charge < -0.3 is 14.9 Å². The Kier molecular flexibility index (Phi) is 3.77. The van der Waals surface area contributed by atoms with Gasteiger partial charge in [-0.2, -0.15) is 0 Å². The molecule has 2 aromatic carbocycles. The van der Waals surface area contributed by atoms with Crippen molar-refractivity contribution >= 4 is 11.0 Å². The van der Waals surface area contributed by atoms with Crippen LogP contribution in [0.25, 0.3) is 11.0 Å². The molecule has 0 bridgehead atoms.